The maximum atomic E-state index is 12.9. The molecule has 6 nitrogen and oxygen atoms in total. The summed E-state index contributed by atoms with van der Waals surface area (Å²) in [6.45, 7) is 1.99. The highest BCUT2D eigenvalue weighted by Gasteiger charge is 2.61. The second kappa shape index (κ2) is 6.29. The number of pyridine rings is 1. The lowest BCUT2D eigenvalue weighted by Gasteiger charge is -2.27. The summed E-state index contributed by atoms with van der Waals surface area (Å²) in [5, 5.41) is 6.17. The van der Waals surface area contributed by atoms with Gasteiger partial charge in [-0.2, -0.15) is 0 Å². The maximum absolute atomic E-state index is 12.9. The summed E-state index contributed by atoms with van der Waals surface area (Å²) in [6, 6.07) is 9.00. The Morgan fingerprint density at radius 2 is 2.15 bits per heavy atom. The average molecular weight is 372 g/mol. The van der Waals surface area contributed by atoms with E-state index in [2.05, 4.69) is 15.6 Å². The van der Waals surface area contributed by atoms with E-state index in [9.17, 15) is 9.59 Å². The van der Waals surface area contributed by atoms with Gasteiger partial charge in [-0.15, -0.1) is 0 Å². The molecule has 2 heterocycles. The highest BCUT2D eigenvalue weighted by molar-refractivity contribution is 6.30. The Morgan fingerprint density at radius 1 is 1.31 bits per heavy atom. The predicted octanol–water partition coefficient (Wildman–Crippen LogP) is 3.37. The van der Waals surface area contributed by atoms with Crippen molar-refractivity contribution < 1.29 is 14.3 Å². The van der Waals surface area contributed by atoms with Crippen LogP contribution in [0.4, 0.5) is 11.5 Å². The fourth-order valence-electron chi connectivity index (χ4n) is 3.71. The molecular formula is C19H18ClN3O3. The topological polar surface area (TPSA) is 80.3 Å². The normalized spacial score (nSPS) is 22.9. The molecule has 1 fully saturated rings. The molecule has 0 unspecified atom stereocenters. The standard InChI is InChI=1S/C19H18ClN3O3/c1-11(24)22-17-15(3-2-7-21-17)23-18(25)14-10-19(14)6-8-26-16-5-4-12(20)9-13(16)19/h2-5,7,9,14H,6,8,10H2,1H3,(H,23,25)(H,21,22,24)/t14-,19-/m0/s1. The lowest BCUT2D eigenvalue weighted by molar-refractivity contribution is -0.118. The lowest BCUT2D eigenvalue weighted by Crippen LogP contribution is -2.27. The molecule has 0 radical (unpaired) electrons. The van der Waals surface area contributed by atoms with E-state index in [1.165, 1.54) is 6.92 Å². The number of rotatable bonds is 3. The number of nitrogens with one attached hydrogen (secondary N) is 2. The van der Waals surface area contributed by atoms with Gasteiger partial charge in [0.05, 0.1) is 12.3 Å². The summed E-state index contributed by atoms with van der Waals surface area (Å²) in [4.78, 5) is 28.3. The predicted molar refractivity (Wildman–Crippen MR) is 98.5 cm³/mol. The Morgan fingerprint density at radius 3 is 2.96 bits per heavy atom. The fraction of sp³-hybridized carbons (Fsp3) is 0.316. The quantitative estimate of drug-likeness (QED) is 0.866. The van der Waals surface area contributed by atoms with Crippen LogP contribution in [0.15, 0.2) is 36.5 Å². The molecule has 1 aliphatic carbocycles. The number of fused-ring (bicyclic) bond motifs is 2. The van der Waals surface area contributed by atoms with Crippen LogP contribution in [0.25, 0.3) is 0 Å². The molecule has 1 aromatic heterocycles. The molecular weight excluding hydrogens is 354 g/mol. The summed E-state index contributed by atoms with van der Waals surface area (Å²) in [6.07, 6.45) is 3.10. The number of hydrogen-bond acceptors (Lipinski definition) is 4. The average Bonchev–Trinajstić information content (AvgIpc) is 3.32. The van der Waals surface area contributed by atoms with Crippen LogP contribution in [0.1, 0.15) is 25.3 Å². The Bertz CT molecular complexity index is 901. The first-order valence-corrected chi connectivity index (χ1v) is 8.84. The van der Waals surface area contributed by atoms with Crippen molar-refractivity contribution in [3.8, 4) is 5.75 Å². The smallest absolute Gasteiger partial charge is 0.228 e. The number of carbonyl (C=O) groups is 2. The van der Waals surface area contributed by atoms with Crippen LogP contribution in [0, 0.1) is 5.92 Å². The van der Waals surface area contributed by atoms with E-state index in [-0.39, 0.29) is 23.1 Å². The number of amides is 2. The largest absolute Gasteiger partial charge is 0.493 e. The number of hydrogen-bond donors (Lipinski definition) is 2. The van der Waals surface area contributed by atoms with Gasteiger partial charge >= 0.3 is 0 Å². The van der Waals surface area contributed by atoms with Crippen LogP contribution in [0.2, 0.25) is 5.02 Å². The first-order valence-electron chi connectivity index (χ1n) is 8.46. The van der Waals surface area contributed by atoms with Crippen molar-refractivity contribution >= 4 is 34.9 Å². The molecule has 4 rings (SSSR count). The minimum atomic E-state index is -0.241. The lowest BCUT2D eigenvalue weighted by atomic mass is 9.87. The van der Waals surface area contributed by atoms with Gasteiger partial charge in [0, 0.05) is 35.0 Å². The number of ether oxygens (including phenoxy) is 1. The molecule has 0 bridgehead atoms. The number of benzene rings is 1. The van der Waals surface area contributed by atoms with Gasteiger partial charge in [-0.25, -0.2) is 4.98 Å². The Hall–Kier alpha value is -2.60. The SMILES string of the molecule is CC(=O)Nc1ncccc1NC(=O)[C@@H]1C[C@]12CCOc1ccc(Cl)cc12. The molecule has 2 amide bonds. The van der Waals surface area contributed by atoms with Crippen molar-refractivity contribution in [2.45, 2.75) is 25.2 Å². The third-order valence-electron chi connectivity index (χ3n) is 5.04. The zero-order valence-electron chi connectivity index (χ0n) is 14.2. The Kier molecular flexibility index (Phi) is 4.07. The minimum Gasteiger partial charge on any atom is -0.493 e. The van der Waals surface area contributed by atoms with Crippen molar-refractivity contribution in [1.29, 1.82) is 0 Å². The molecule has 1 saturated carbocycles. The summed E-state index contributed by atoms with van der Waals surface area (Å²) in [5.41, 5.74) is 1.27. The van der Waals surface area contributed by atoms with Crippen LogP contribution < -0.4 is 15.4 Å². The number of carbonyl (C=O) groups excluding carboxylic acids is 2. The van der Waals surface area contributed by atoms with E-state index < -0.39 is 0 Å². The van der Waals surface area contributed by atoms with E-state index in [0.29, 0.717) is 23.1 Å². The zero-order chi connectivity index (χ0) is 18.3. The zero-order valence-corrected chi connectivity index (χ0v) is 15.0. The highest BCUT2D eigenvalue weighted by atomic mass is 35.5. The maximum Gasteiger partial charge on any atom is 0.228 e. The molecule has 2 aromatic rings. The third-order valence-corrected chi connectivity index (χ3v) is 5.27. The van der Waals surface area contributed by atoms with Gasteiger partial charge in [0.15, 0.2) is 5.82 Å². The summed E-state index contributed by atoms with van der Waals surface area (Å²) >= 11 is 6.15. The van der Waals surface area contributed by atoms with Crippen LogP contribution in [-0.2, 0) is 15.0 Å². The first-order chi connectivity index (χ1) is 12.5. The minimum absolute atomic E-state index is 0.0857. The number of aromatic nitrogens is 1. The van der Waals surface area contributed by atoms with Crippen molar-refractivity contribution in [2.75, 3.05) is 17.2 Å². The van der Waals surface area contributed by atoms with Crippen molar-refractivity contribution in [3.05, 3.63) is 47.1 Å². The molecule has 7 heteroatoms. The van der Waals surface area contributed by atoms with Crippen molar-refractivity contribution in [1.82, 2.24) is 4.98 Å². The number of anilines is 2. The van der Waals surface area contributed by atoms with Crippen molar-refractivity contribution in [3.63, 3.8) is 0 Å². The van der Waals surface area contributed by atoms with Gasteiger partial charge in [-0.1, -0.05) is 11.6 Å². The van der Waals surface area contributed by atoms with Gasteiger partial charge in [0.1, 0.15) is 5.75 Å². The monoisotopic (exact) mass is 371 g/mol. The second-order valence-corrected chi connectivity index (χ2v) is 7.16. The van der Waals surface area contributed by atoms with Crippen LogP contribution >= 0.6 is 11.6 Å². The number of halogens is 1. The van der Waals surface area contributed by atoms with Crippen LogP contribution in [-0.4, -0.2) is 23.4 Å². The molecule has 2 aliphatic rings. The Labute approximate surface area is 155 Å². The Balaban J connectivity index is 1.56. The fourth-order valence-corrected chi connectivity index (χ4v) is 3.88. The third kappa shape index (κ3) is 2.90. The highest BCUT2D eigenvalue weighted by Crippen LogP contribution is 2.61. The van der Waals surface area contributed by atoms with Gasteiger partial charge in [0.2, 0.25) is 11.8 Å². The van der Waals surface area contributed by atoms with Crippen LogP contribution in [0.3, 0.4) is 0 Å². The van der Waals surface area contributed by atoms with Gasteiger partial charge < -0.3 is 15.4 Å². The van der Waals surface area contributed by atoms with Gasteiger partial charge in [-0.05, 0) is 43.2 Å². The molecule has 0 saturated heterocycles. The molecule has 2 atom stereocenters. The van der Waals surface area contributed by atoms with E-state index in [4.69, 9.17) is 16.3 Å². The summed E-state index contributed by atoms with van der Waals surface area (Å²) in [5.74, 6) is 0.663. The summed E-state index contributed by atoms with van der Waals surface area (Å²) < 4.78 is 5.72. The molecule has 1 aromatic carbocycles. The second-order valence-electron chi connectivity index (χ2n) is 6.72. The molecule has 26 heavy (non-hydrogen) atoms. The summed E-state index contributed by atoms with van der Waals surface area (Å²) in [7, 11) is 0. The van der Waals surface area contributed by atoms with Crippen molar-refractivity contribution in [2.24, 2.45) is 5.92 Å². The van der Waals surface area contributed by atoms with E-state index >= 15 is 0 Å². The first kappa shape index (κ1) is 16.8. The van der Waals surface area contributed by atoms with E-state index in [1.54, 1.807) is 24.4 Å². The van der Waals surface area contributed by atoms with E-state index in [1.807, 2.05) is 12.1 Å². The molecule has 2 N–H and O–H groups in total. The molecule has 1 spiro atoms. The molecule has 1 aliphatic heterocycles. The number of nitrogens with zero attached hydrogens (tertiary/aromatic N) is 1. The van der Waals surface area contributed by atoms with Gasteiger partial charge in [0.25, 0.3) is 0 Å². The molecule has 134 valence electrons. The van der Waals surface area contributed by atoms with E-state index in [0.717, 1.165) is 24.2 Å². The van der Waals surface area contributed by atoms with Crippen LogP contribution in [0.5, 0.6) is 5.75 Å². The van der Waals surface area contributed by atoms with Gasteiger partial charge in [-0.3, -0.25) is 9.59 Å².